The predicted octanol–water partition coefficient (Wildman–Crippen LogP) is 3.41. The van der Waals surface area contributed by atoms with Crippen LogP contribution >= 0.6 is 11.6 Å². The van der Waals surface area contributed by atoms with Crippen molar-refractivity contribution in [3.05, 3.63) is 64.9 Å². The number of halogens is 2. The van der Waals surface area contributed by atoms with Gasteiger partial charge in [0, 0.05) is 18.1 Å². The van der Waals surface area contributed by atoms with Crippen molar-refractivity contribution >= 4 is 23.4 Å². The van der Waals surface area contributed by atoms with Crippen LogP contribution < -0.4 is 10.1 Å². The first kappa shape index (κ1) is 20.7. The van der Waals surface area contributed by atoms with Crippen molar-refractivity contribution in [1.29, 1.82) is 0 Å². The number of ether oxygens (including phenoxy) is 1. The van der Waals surface area contributed by atoms with Crippen LogP contribution in [0, 0.1) is 5.82 Å². The minimum Gasteiger partial charge on any atom is -0.481 e. The van der Waals surface area contributed by atoms with E-state index in [1.807, 2.05) is 0 Å². The van der Waals surface area contributed by atoms with Gasteiger partial charge in [0.05, 0.1) is 6.54 Å². The zero-order valence-corrected chi connectivity index (χ0v) is 16.0. The second kappa shape index (κ2) is 9.92. The highest BCUT2D eigenvalue weighted by Gasteiger charge is 2.23. The molecule has 0 unspecified atom stereocenters. The number of nitrogens with zero attached hydrogens (tertiary/aromatic N) is 1. The lowest BCUT2D eigenvalue weighted by Gasteiger charge is -2.24. The van der Waals surface area contributed by atoms with Gasteiger partial charge in [-0.1, -0.05) is 23.7 Å². The van der Waals surface area contributed by atoms with Crippen LogP contribution in [0.5, 0.6) is 5.75 Å². The van der Waals surface area contributed by atoms with Gasteiger partial charge in [0.15, 0.2) is 6.10 Å². The number of nitrogens with one attached hydrogen (secondary N) is 1. The monoisotopic (exact) mass is 392 g/mol. The average Bonchev–Trinajstić information content (AvgIpc) is 2.66. The minimum absolute atomic E-state index is 0.0785. The molecule has 0 saturated heterocycles. The summed E-state index contributed by atoms with van der Waals surface area (Å²) in [5.41, 5.74) is 0.776. The van der Waals surface area contributed by atoms with Crippen LogP contribution in [0.2, 0.25) is 5.02 Å². The Bertz CT molecular complexity index is 766. The van der Waals surface area contributed by atoms with Crippen molar-refractivity contribution in [2.45, 2.75) is 26.5 Å². The quantitative estimate of drug-likeness (QED) is 0.749. The highest BCUT2D eigenvalue weighted by atomic mass is 35.5. The molecule has 0 saturated carbocycles. The van der Waals surface area contributed by atoms with Crippen LogP contribution in [0.25, 0.3) is 0 Å². The molecule has 0 aromatic heterocycles. The van der Waals surface area contributed by atoms with Crippen molar-refractivity contribution in [2.24, 2.45) is 0 Å². The van der Waals surface area contributed by atoms with E-state index in [9.17, 15) is 14.0 Å². The fourth-order valence-electron chi connectivity index (χ4n) is 2.40. The summed E-state index contributed by atoms with van der Waals surface area (Å²) in [5.74, 6) is -0.392. The second-order valence-corrected chi connectivity index (χ2v) is 6.41. The molecule has 2 rings (SSSR count). The largest absolute Gasteiger partial charge is 0.481 e. The maximum absolute atomic E-state index is 12.9. The lowest BCUT2D eigenvalue weighted by molar-refractivity contribution is -0.141. The summed E-state index contributed by atoms with van der Waals surface area (Å²) in [6, 6.07) is 12.6. The molecule has 2 aromatic rings. The molecule has 144 valence electrons. The Labute approximate surface area is 163 Å². The number of benzene rings is 2. The smallest absolute Gasteiger partial charge is 0.263 e. The maximum Gasteiger partial charge on any atom is 0.263 e. The van der Waals surface area contributed by atoms with Crippen molar-refractivity contribution in [2.75, 3.05) is 13.1 Å². The number of carbonyl (C=O) groups excluding carboxylic acids is 2. The first-order valence-corrected chi connectivity index (χ1v) is 8.99. The van der Waals surface area contributed by atoms with E-state index in [4.69, 9.17) is 16.3 Å². The number of likely N-dealkylation sites (N-methyl/N-ethyl adjacent to an activating group) is 1. The molecule has 0 aliphatic carbocycles. The van der Waals surface area contributed by atoms with E-state index >= 15 is 0 Å². The van der Waals surface area contributed by atoms with Gasteiger partial charge in [0.1, 0.15) is 11.6 Å². The van der Waals surface area contributed by atoms with Gasteiger partial charge in [-0.2, -0.15) is 0 Å². The SMILES string of the molecule is CCN(CC(=O)NCc1ccc(F)cc1)C(=O)[C@@H](C)Oc1ccc(Cl)cc1. The summed E-state index contributed by atoms with van der Waals surface area (Å²) in [7, 11) is 0. The summed E-state index contributed by atoms with van der Waals surface area (Å²) < 4.78 is 18.5. The minimum atomic E-state index is -0.740. The van der Waals surface area contributed by atoms with Gasteiger partial charge in [-0.3, -0.25) is 9.59 Å². The van der Waals surface area contributed by atoms with Crippen LogP contribution in [0.4, 0.5) is 4.39 Å². The second-order valence-electron chi connectivity index (χ2n) is 5.97. The van der Waals surface area contributed by atoms with Gasteiger partial charge >= 0.3 is 0 Å². The zero-order chi connectivity index (χ0) is 19.8. The van der Waals surface area contributed by atoms with E-state index in [1.54, 1.807) is 50.2 Å². The summed E-state index contributed by atoms with van der Waals surface area (Å²) in [6.45, 7) is 3.99. The predicted molar refractivity (Wildman–Crippen MR) is 102 cm³/mol. The van der Waals surface area contributed by atoms with E-state index in [0.717, 1.165) is 5.56 Å². The normalized spacial score (nSPS) is 11.6. The van der Waals surface area contributed by atoms with E-state index in [1.165, 1.54) is 17.0 Å². The molecule has 0 aliphatic heterocycles. The van der Waals surface area contributed by atoms with Crippen LogP contribution in [-0.4, -0.2) is 35.9 Å². The van der Waals surface area contributed by atoms with Gasteiger partial charge in [0.2, 0.25) is 5.91 Å². The number of rotatable bonds is 8. The lowest BCUT2D eigenvalue weighted by atomic mass is 10.2. The van der Waals surface area contributed by atoms with E-state index in [0.29, 0.717) is 17.3 Å². The van der Waals surface area contributed by atoms with Crippen molar-refractivity contribution < 1.29 is 18.7 Å². The Hall–Kier alpha value is -2.60. The Morgan fingerprint density at radius 1 is 1.15 bits per heavy atom. The molecular formula is C20H22ClFN2O3. The Morgan fingerprint density at radius 3 is 2.37 bits per heavy atom. The molecule has 1 N–H and O–H groups in total. The molecule has 2 amide bonds. The van der Waals surface area contributed by atoms with Gasteiger partial charge in [0.25, 0.3) is 5.91 Å². The van der Waals surface area contributed by atoms with Crippen LogP contribution in [0.1, 0.15) is 19.4 Å². The molecule has 7 heteroatoms. The van der Waals surface area contributed by atoms with E-state index in [-0.39, 0.29) is 30.7 Å². The van der Waals surface area contributed by atoms with Crippen molar-refractivity contribution in [1.82, 2.24) is 10.2 Å². The van der Waals surface area contributed by atoms with Gasteiger partial charge in [-0.15, -0.1) is 0 Å². The molecule has 5 nitrogen and oxygen atoms in total. The number of carbonyl (C=O) groups is 2. The molecule has 0 radical (unpaired) electrons. The molecule has 0 fully saturated rings. The Kier molecular flexibility index (Phi) is 7.61. The van der Waals surface area contributed by atoms with Gasteiger partial charge in [-0.05, 0) is 55.8 Å². The summed E-state index contributed by atoms with van der Waals surface area (Å²) in [6.07, 6.45) is -0.740. The first-order chi connectivity index (χ1) is 12.9. The highest BCUT2D eigenvalue weighted by molar-refractivity contribution is 6.30. The highest BCUT2D eigenvalue weighted by Crippen LogP contribution is 2.17. The standard InChI is InChI=1S/C20H22ClFN2O3/c1-3-24(13-19(25)23-12-15-4-8-17(22)9-5-15)20(26)14(2)27-18-10-6-16(21)7-11-18/h4-11,14H,3,12-13H2,1-2H3,(H,23,25)/t14-/m1/s1. The summed E-state index contributed by atoms with van der Waals surface area (Å²) in [5, 5.41) is 3.30. The molecular weight excluding hydrogens is 371 g/mol. The third-order valence-corrected chi connectivity index (χ3v) is 4.16. The molecule has 2 aromatic carbocycles. The van der Waals surface area contributed by atoms with Gasteiger partial charge in [-0.25, -0.2) is 4.39 Å². The van der Waals surface area contributed by atoms with Crippen molar-refractivity contribution in [3.63, 3.8) is 0 Å². The molecule has 0 spiro atoms. The maximum atomic E-state index is 12.9. The molecule has 0 heterocycles. The van der Waals surface area contributed by atoms with Crippen LogP contribution in [0.3, 0.4) is 0 Å². The lowest BCUT2D eigenvalue weighted by Crippen LogP contribution is -2.45. The zero-order valence-electron chi connectivity index (χ0n) is 15.2. The fraction of sp³-hybridized carbons (Fsp3) is 0.300. The summed E-state index contributed by atoms with van der Waals surface area (Å²) in [4.78, 5) is 26.1. The number of hydrogen-bond donors (Lipinski definition) is 1. The summed E-state index contributed by atoms with van der Waals surface area (Å²) >= 11 is 5.83. The number of hydrogen-bond acceptors (Lipinski definition) is 3. The molecule has 0 bridgehead atoms. The van der Waals surface area contributed by atoms with Crippen LogP contribution in [-0.2, 0) is 16.1 Å². The Morgan fingerprint density at radius 2 is 1.78 bits per heavy atom. The average molecular weight is 393 g/mol. The Balaban J connectivity index is 1.86. The van der Waals surface area contributed by atoms with Gasteiger partial charge < -0.3 is 15.0 Å². The van der Waals surface area contributed by atoms with E-state index in [2.05, 4.69) is 5.32 Å². The fourth-order valence-corrected chi connectivity index (χ4v) is 2.53. The first-order valence-electron chi connectivity index (χ1n) is 8.61. The van der Waals surface area contributed by atoms with Crippen molar-refractivity contribution in [3.8, 4) is 5.75 Å². The third-order valence-electron chi connectivity index (χ3n) is 3.91. The topological polar surface area (TPSA) is 58.6 Å². The molecule has 0 aliphatic rings. The van der Waals surface area contributed by atoms with Crippen LogP contribution in [0.15, 0.2) is 48.5 Å². The third kappa shape index (κ3) is 6.57. The molecule has 27 heavy (non-hydrogen) atoms. The molecule has 1 atom stereocenters. The van der Waals surface area contributed by atoms with E-state index < -0.39 is 6.10 Å². The number of amides is 2.